The Hall–Kier alpha value is -0.0800. The van der Waals surface area contributed by atoms with Gasteiger partial charge in [-0.15, -0.1) is 0 Å². The minimum atomic E-state index is 0.880. The first kappa shape index (κ1) is 22.9. The summed E-state index contributed by atoms with van der Waals surface area (Å²) in [7, 11) is 4.62. The van der Waals surface area contributed by atoms with Crippen LogP contribution in [0, 0.1) is 0 Å². The lowest BCUT2D eigenvalue weighted by molar-refractivity contribution is -0.909. The zero-order chi connectivity index (χ0) is 17.2. The van der Waals surface area contributed by atoms with Gasteiger partial charge in [0.15, 0.2) is 6.73 Å². The van der Waals surface area contributed by atoms with Gasteiger partial charge in [0.2, 0.25) is 0 Å². The Bertz CT molecular complexity index is 206. The smallest absolute Gasteiger partial charge is 0.182 e. The van der Waals surface area contributed by atoms with E-state index < -0.39 is 0 Å². The molecule has 0 amide bonds. The maximum absolute atomic E-state index is 5.90. The molecule has 0 aromatic rings. The number of unbranched alkanes of at least 4 members (excludes halogenated alkanes) is 12. The number of hydrogen-bond acceptors (Lipinski definition) is 1. The van der Waals surface area contributed by atoms with Gasteiger partial charge in [0.25, 0.3) is 0 Å². The summed E-state index contributed by atoms with van der Waals surface area (Å²) >= 11 is 0. The first-order valence-electron chi connectivity index (χ1n) is 10.5. The molecule has 0 saturated carbocycles. The molecule has 2 heteroatoms. The number of ether oxygens (including phenoxy) is 1. The molecule has 0 aliphatic heterocycles. The molecule has 0 bridgehead atoms. The third-order valence-electron chi connectivity index (χ3n) is 4.70. The van der Waals surface area contributed by atoms with Crippen molar-refractivity contribution in [3.05, 3.63) is 0 Å². The molecule has 0 atom stereocenters. The minimum Gasteiger partial charge on any atom is -0.332 e. The van der Waals surface area contributed by atoms with Crippen LogP contribution in [0.4, 0.5) is 0 Å². The summed E-state index contributed by atoms with van der Waals surface area (Å²) in [5, 5.41) is 0. The van der Waals surface area contributed by atoms with E-state index in [4.69, 9.17) is 4.74 Å². The van der Waals surface area contributed by atoms with Crippen molar-refractivity contribution < 1.29 is 9.22 Å². The highest BCUT2D eigenvalue weighted by Gasteiger charge is 2.13. The quantitative estimate of drug-likeness (QED) is 0.158. The van der Waals surface area contributed by atoms with Crippen LogP contribution in [0.15, 0.2) is 0 Å². The Kier molecular flexibility index (Phi) is 16.7. The Morgan fingerprint density at radius 3 is 1.52 bits per heavy atom. The van der Waals surface area contributed by atoms with Crippen LogP contribution in [-0.4, -0.2) is 38.5 Å². The van der Waals surface area contributed by atoms with E-state index in [-0.39, 0.29) is 0 Å². The Balaban J connectivity index is 3.33. The third kappa shape index (κ3) is 18.1. The molecule has 0 aliphatic rings. The van der Waals surface area contributed by atoms with E-state index in [1.54, 1.807) is 0 Å². The van der Waals surface area contributed by atoms with Crippen LogP contribution in [-0.2, 0) is 4.74 Å². The van der Waals surface area contributed by atoms with Gasteiger partial charge >= 0.3 is 0 Å². The maximum atomic E-state index is 5.90. The van der Waals surface area contributed by atoms with Gasteiger partial charge in [0.05, 0.1) is 27.2 Å². The third-order valence-corrected chi connectivity index (χ3v) is 4.70. The summed E-state index contributed by atoms with van der Waals surface area (Å²) in [5.74, 6) is 0. The van der Waals surface area contributed by atoms with Crippen molar-refractivity contribution in [1.29, 1.82) is 0 Å². The van der Waals surface area contributed by atoms with Crippen molar-refractivity contribution in [2.75, 3.05) is 34.0 Å². The first-order valence-corrected chi connectivity index (χ1v) is 10.5. The lowest BCUT2D eigenvalue weighted by atomic mass is 10.1. The van der Waals surface area contributed by atoms with Crippen molar-refractivity contribution in [2.24, 2.45) is 0 Å². The molecule has 0 saturated heterocycles. The van der Waals surface area contributed by atoms with Gasteiger partial charge in [-0.2, -0.15) is 0 Å². The topological polar surface area (TPSA) is 9.23 Å². The molecule has 0 heterocycles. The highest BCUT2D eigenvalue weighted by molar-refractivity contribution is 4.46. The second-order valence-corrected chi connectivity index (χ2v) is 7.94. The van der Waals surface area contributed by atoms with Crippen LogP contribution in [0.2, 0.25) is 0 Å². The number of quaternary nitrogens is 1. The van der Waals surface area contributed by atoms with E-state index in [1.807, 2.05) is 0 Å². The highest BCUT2D eigenvalue weighted by atomic mass is 16.5. The van der Waals surface area contributed by atoms with Crippen molar-refractivity contribution in [3.8, 4) is 0 Å². The fourth-order valence-electron chi connectivity index (χ4n) is 3.03. The van der Waals surface area contributed by atoms with Gasteiger partial charge in [-0.1, -0.05) is 84.5 Å². The Labute approximate surface area is 147 Å². The van der Waals surface area contributed by atoms with Gasteiger partial charge in [-0.25, -0.2) is 0 Å². The molecule has 0 aromatic carbocycles. The van der Waals surface area contributed by atoms with E-state index >= 15 is 0 Å². The van der Waals surface area contributed by atoms with E-state index in [2.05, 4.69) is 27.9 Å². The van der Waals surface area contributed by atoms with Gasteiger partial charge in [-0.05, 0) is 19.3 Å². The zero-order valence-electron chi connectivity index (χ0n) is 16.9. The summed E-state index contributed by atoms with van der Waals surface area (Å²) in [6.45, 7) is 7.65. The lowest BCUT2D eigenvalue weighted by Crippen LogP contribution is -2.42. The predicted molar refractivity (Wildman–Crippen MR) is 104 cm³/mol. The minimum absolute atomic E-state index is 0.880. The highest BCUT2D eigenvalue weighted by Crippen LogP contribution is 2.10. The van der Waals surface area contributed by atoms with E-state index in [1.165, 1.54) is 96.4 Å². The van der Waals surface area contributed by atoms with Gasteiger partial charge < -0.3 is 9.22 Å². The molecule has 0 aromatic heterocycles. The van der Waals surface area contributed by atoms with Gasteiger partial charge in [-0.3, -0.25) is 0 Å². The molecule has 0 N–H and O–H groups in total. The summed E-state index contributed by atoms with van der Waals surface area (Å²) in [4.78, 5) is 0. The normalized spacial score (nSPS) is 12.0. The number of rotatable bonds is 18. The van der Waals surface area contributed by atoms with E-state index in [0.29, 0.717) is 0 Å². The van der Waals surface area contributed by atoms with Crippen molar-refractivity contribution in [1.82, 2.24) is 0 Å². The molecular formula is C21H46NO+. The largest absolute Gasteiger partial charge is 0.332 e. The van der Waals surface area contributed by atoms with Crippen LogP contribution >= 0.6 is 0 Å². The van der Waals surface area contributed by atoms with Crippen LogP contribution in [0.3, 0.4) is 0 Å². The number of hydrogen-bond donors (Lipinski definition) is 0. The summed E-state index contributed by atoms with van der Waals surface area (Å²) in [6.07, 6.45) is 19.3. The molecule has 0 fully saturated rings. The summed E-state index contributed by atoms with van der Waals surface area (Å²) in [6, 6.07) is 0. The van der Waals surface area contributed by atoms with Crippen molar-refractivity contribution in [3.63, 3.8) is 0 Å². The van der Waals surface area contributed by atoms with Crippen molar-refractivity contribution >= 4 is 0 Å². The summed E-state index contributed by atoms with van der Waals surface area (Å²) in [5.41, 5.74) is 0. The van der Waals surface area contributed by atoms with Crippen LogP contribution in [0.5, 0.6) is 0 Å². The lowest BCUT2D eigenvalue weighted by Gasteiger charge is -2.29. The zero-order valence-corrected chi connectivity index (χ0v) is 16.9. The number of nitrogens with zero attached hydrogens (tertiary/aromatic N) is 1. The van der Waals surface area contributed by atoms with Crippen LogP contribution < -0.4 is 0 Å². The second-order valence-electron chi connectivity index (χ2n) is 7.94. The molecule has 0 radical (unpaired) electrons. The Morgan fingerprint density at radius 1 is 0.565 bits per heavy atom. The molecule has 140 valence electrons. The average Bonchev–Trinajstić information content (AvgIpc) is 2.52. The van der Waals surface area contributed by atoms with Crippen LogP contribution in [0.1, 0.15) is 104 Å². The second kappa shape index (κ2) is 16.8. The maximum Gasteiger partial charge on any atom is 0.182 e. The van der Waals surface area contributed by atoms with E-state index in [9.17, 15) is 0 Å². The standard InChI is InChI=1S/C21H46NO/c1-5-7-9-11-13-14-15-17-19-22(3,4)21-23-20-18-16-12-10-8-6-2/h5-21H2,1-4H3/q+1. The SMILES string of the molecule is CCCCCCCCCC[N+](C)(C)COCCCCCCCC. The predicted octanol–water partition coefficient (Wildman–Crippen LogP) is 6.54. The van der Waals surface area contributed by atoms with Crippen molar-refractivity contribution in [2.45, 2.75) is 104 Å². The fourth-order valence-corrected chi connectivity index (χ4v) is 3.03. The fraction of sp³-hybridized carbons (Fsp3) is 1.00. The molecule has 2 nitrogen and oxygen atoms in total. The summed E-state index contributed by atoms with van der Waals surface area (Å²) < 4.78 is 6.92. The molecule has 0 rings (SSSR count). The molecule has 0 spiro atoms. The molecule has 23 heavy (non-hydrogen) atoms. The molecule has 0 unspecified atom stereocenters. The van der Waals surface area contributed by atoms with E-state index in [0.717, 1.165) is 17.8 Å². The molecular weight excluding hydrogens is 282 g/mol. The van der Waals surface area contributed by atoms with Gasteiger partial charge in [0.1, 0.15) is 0 Å². The molecule has 0 aliphatic carbocycles. The Morgan fingerprint density at radius 2 is 1.00 bits per heavy atom. The average molecular weight is 329 g/mol. The monoisotopic (exact) mass is 328 g/mol. The first-order chi connectivity index (χ1) is 11.1. The van der Waals surface area contributed by atoms with Gasteiger partial charge in [0, 0.05) is 0 Å². The van der Waals surface area contributed by atoms with Crippen LogP contribution in [0.25, 0.3) is 0 Å².